The summed E-state index contributed by atoms with van der Waals surface area (Å²) < 4.78 is 5.47. The number of para-hydroxylation sites is 1. The molecule has 5 heteroatoms. The summed E-state index contributed by atoms with van der Waals surface area (Å²) in [5.74, 6) is 0.107. The van der Waals surface area contributed by atoms with Crippen LogP contribution in [0.5, 0.6) is 0 Å². The van der Waals surface area contributed by atoms with E-state index >= 15 is 0 Å². The molecule has 1 aromatic carbocycles. The van der Waals surface area contributed by atoms with Crippen LogP contribution in [0, 0.1) is 0 Å². The van der Waals surface area contributed by atoms with Gasteiger partial charge in [-0.05, 0) is 12.1 Å². The molecule has 0 bridgehead atoms. The maximum absolute atomic E-state index is 11.6. The summed E-state index contributed by atoms with van der Waals surface area (Å²) in [5.41, 5.74) is 1.88. The van der Waals surface area contributed by atoms with Gasteiger partial charge in [-0.3, -0.25) is 4.79 Å². The Balaban J connectivity index is 2.15. The quantitative estimate of drug-likeness (QED) is 0.726. The fourth-order valence-corrected chi connectivity index (χ4v) is 1.88. The maximum atomic E-state index is 11.6. The van der Waals surface area contributed by atoms with Gasteiger partial charge >= 0.3 is 0 Å². The summed E-state index contributed by atoms with van der Waals surface area (Å²) in [4.78, 5) is 19.6. The van der Waals surface area contributed by atoms with Gasteiger partial charge in [-0.1, -0.05) is 18.2 Å². The third-order valence-corrected chi connectivity index (χ3v) is 2.73. The first-order valence-electron chi connectivity index (χ1n) is 5.81. The minimum absolute atomic E-state index is 0.156. The van der Waals surface area contributed by atoms with E-state index in [1.807, 2.05) is 30.3 Å². The smallest absolute Gasteiger partial charge is 0.232 e. The average Bonchev–Trinajstić information content (AvgIpc) is 2.79. The van der Waals surface area contributed by atoms with Crippen molar-refractivity contribution < 1.29 is 9.21 Å². The molecule has 0 atom stereocenters. The van der Waals surface area contributed by atoms with Crippen LogP contribution in [0.25, 0.3) is 11.1 Å². The van der Waals surface area contributed by atoms with Crippen molar-refractivity contribution >= 4 is 28.3 Å². The number of Topliss-reactive ketones (excluding diaryl/α,β-unsaturated/α-hetero) is 1. The van der Waals surface area contributed by atoms with Crippen LogP contribution in [-0.4, -0.2) is 15.8 Å². The van der Waals surface area contributed by atoms with Gasteiger partial charge in [0.1, 0.15) is 12.0 Å². The van der Waals surface area contributed by atoms with Crippen LogP contribution in [0.2, 0.25) is 0 Å². The van der Waals surface area contributed by atoms with E-state index in [4.69, 9.17) is 4.42 Å². The summed E-state index contributed by atoms with van der Waals surface area (Å²) in [7, 11) is 0. The van der Waals surface area contributed by atoms with Crippen molar-refractivity contribution in [3.05, 3.63) is 48.6 Å². The normalized spacial score (nSPS) is 10.6. The number of nitrogens with zero attached hydrogens (tertiary/aromatic N) is 2. The van der Waals surface area contributed by atoms with E-state index in [1.54, 1.807) is 6.20 Å². The molecule has 0 saturated heterocycles. The van der Waals surface area contributed by atoms with E-state index in [9.17, 15) is 4.79 Å². The van der Waals surface area contributed by atoms with E-state index in [-0.39, 0.29) is 11.5 Å². The van der Waals surface area contributed by atoms with E-state index in [1.165, 1.54) is 13.3 Å². The lowest BCUT2D eigenvalue weighted by molar-refractivity contribution is 0.0990. The Labute approximate surface area is 109 Å². The molecule has 0 aliphatic carbocycles. The average molecular weight is 253 g/mol. The Kier molecular flexibility index (Phi) is 2.72. The van der Waals surface area contributed by atoms with Gasteiger partial charge in [-0.25, -0.2) is 9.97 Å². The number of furan rings is 1. The van der Waals surface area contributed by atoms with Crippen LogP contribution in [-0.2, 0) is 0 Å². The number of hydrogen-bond acceptors (Lipinski definition) is 5. The number of carbonyl (C=O) groups excluding carboxylic acids is 1. The molecule has 0 fully saturated rings. The lowest BCUT2D eigenvalue weighted by Gasteiger charge is -2.05. The zero-order valence-electron chi connectivity index (χ0n) is 10.3. The van der Waals surface area contributed by atoms with Crippen LogP contribution >= 0.6 is 0 Å². The van der Waals surface area contributed by atoms with Crippen molar-refractivity contribution in [2.24, 2.45) is 0 Å². The molecular weight excluding hydrogens is 242 g/mol. The van der Waals surface area contributed by atoms with Gasteiger partial charge in [0.25, 0.3) is 0 Å². The number of ketones is 1. The van der Waals surface area contributed by atoms with E-state index < -0.39 is 0 Å². The molecule has 94 valence electrons. The van der Waals surface area contributed by atoms with Gasteiger partial charge in [0.15, 0.2) is 11.5 Å². The highest BCUT2D eigenvalue weighted by molar-refractivity contribution is 6.06. The van der Waals surface area contributed by atoms with Crippen LogP contribution in [0.3, 0.4) is 0 Å². The number of nitrogens with one attached hydrogen (secondary N) is 1. The molecule has 3 rings (SSSR count). The molecule has 2 heterocycles. The molecule has 0 spiro atoms. The van der Waals surface area contributed by atoms with Crippen molar-refractivity contribution in [2.45, 2.75) is 6.92 Å². The molecule has 5 nitrogen and oxygen atoms in total. The molecular formula is C14H11N3O2. The van der Waals surface area contributed by atoms with Crippen LogP contribution in [0.1, 0.15) is 17.5 Å². The first-order valence-corrected chi connectivity index (χ1v) is 5.81. The highest BCUT2D eigenvalue weighted by Crippen LogP contribution is 2.31. The fraction of sp³-hybridized carbons (Fsp3) is 0.0714. The van der Waals surface area contributed by atoms with Crippen molar-refractivity contribution in [1.29, 1.82) is 0 Å². The number of anilines is 2. The monoisotopic (exact) mass is 253 g/mol. The zero-order chi connectivity index (χ0) is 13.2. The summed E-state index contributed by atoms with van der Waals surface area (Å²) in [6.07, 6.45) is 3.02. The molecule has 3 aromatic rings. The molecule has 0 aliphatic rings. The summed E-state index contributed by atoms with van der Waals surface area (Å²) in [5, 5.41) is 3.87. The number of fused-ring (bicyclic) bond motifs is 1. The first-order chi connectivity index (χ1) is 9.25. The first kappa shape index (κ1) is 11.4. The molecule has 0 radical (unpaired) electrons. The second-order valence-electron chi connectivity index (χ2n) is 4.09. The second kappa shape index (κ2) is 4.53. The highest BCUT2D eigenvalue weighted by atomic mass is 16.4. The largest absolute Gasteiger partial charge is 0.432 e. The lowest BCUT2D eigenvalue weighted by atomic mass is 10.2. The second-order valence-corrected chi connectivity index (χ2v) is 4.09. The molecule has 0 amide bonds. The Morgan fingerprint density at radius 2 is 2.05 bits per heavy atom. The van der Waals surface area contributed by atoms with E-state index in [0.29, 0.717) is 16.8 Å². The molecule has 0 saturated carbocycles. The van der Waals surface area contributed by atoms with Crippen molar-refractivity contribution in [3.63, 3.8) is 0 Å². The Morgan fingerprint density at radius 3 is 2.79 bits per heavy atom. The highest BCUT2D eigenvalue weighted by Gasteiger charge is 2.18. The number of benzene rings is 1. The zero-order valence-corrected chi connectivity index (χ0v) is 10.3. The molecule has 2 aromatic heterocycles. The van der Waals surface area contributed by atoms with Gasteiger partial charge in [-0.2, -0.15) is 0 Å². The van der Waals surface area contributed by atoms with Crippen molar-refractivity contribution in [3.8, 4) is 0 Å². The fourth-order valence-electron chi connectivity index (χ4n) is 1.88. The number of rotatable bonds is 3. The summed E-state index contributed by atoms with van der Waals surface area (Å²) >= 11 is 0. The Morgan fingerprint density at radius 1 is 1.26 bits per heavy atom. The van der Waals surface area contributed by atoms with E-state index in [0.717, 1.165) is 5.69 Å². The van der Waals surface area contributed by atoms with Crippen LogP contribution < -0.4 is 5.32 Å². The molecule has 1 N–H and O–H groups in total. The maximum Gasteiger partial charge on any atom is 0.232 e. The third kappa shape index (κ3) is 2.06. The predicted molar refractivity (Wildman–Crippen MR) is 71.5 cm³/mol. The van der Waals surface area contributed by atoms with Gasteiger partial charge in [0.05, 0.1) is 5.39 Å². The third-order valence-electron chi connectivity index (χ3n) is 2.73. The van der Waals surface area contributed by atoms with Crippen molar-refractivity contribution in [1.82, 2.24) is 9.97 Å². The van der Waals surface area contributed by atoms with Crippen molar-refractivity contribution in [2.75, 3.05) is 5.32 Å². The molecule has 0 aliphatic heterocycles. The minimum Gasteiger partial charge on any atom is -0.432 e. The van der Waals surface area contributed by atoms with Gasteiger partial charge in [0.2, 0.25) is 5.71 Å². The van der Waals surface area contributed by atoms with Gasteiger partial charge in [-0.15, -0.1) is 0 Å². The predicted octanol–water partition coefficient (Wildman–Crippen LogP) is 3.17. The van der Waals surface area contributed by atoms with Crippen LogP contribution in [0.15, 0.2) is 47.3 Å². The topological polar surface area (TPSA) is 68.0 Å². The van der Waals surface area contributed by atoms with Gasteiger partial charge in [0, 0.05) is 18.8 Å². The lowest BCUT2D eigenvalue weighted by Crippen LogP contribution is -1.97. The molecule has 19 heavy (non-hydrogen) atoms. The minimum atomic E-state index is -0.156. The number of hydrogen-bond donors (Lipinski definition) is 1. The SMILES string of the molecule is CC(=O)c1oc2ncncc2c1Nc1ccccc1. The Bertz CT molecular complexity index is 735. The number of aromatic nitrogens is 2. The standard InChI is InChI=1S/C14H11N3O2/c1-9(18)13-12(17-10-5-3-2-4-6-10)11-7-15-8-16-14(11)19-13/h2-8,17H,1H3. The number of carbonyl (C=O) groups is 1. The summed E-state index contributed by atoms with van der Waals surface area (Å²) in [6.45, 7) is 1.46. The van der Waals surface area contributed by atoms with Crippen LogP contribution in [0.4, 0.5) is 11.4 Å². The van der Waals surface area contributed by atoms with Gasteiger partial charge < -0.3 is 9.73 Å². The summed E-state index contributed by atoms with van der Waals surface area (Å²) in [6, 6.07) is 9.57. The van der Waals surface area contributed by atoms with E-state index in [2.05, 4.69) is 15.3 Å². The Hall–Kier alpha value is -2.69. The molecule has 0 unspecified atom stereocenters.